The van der Waals surface area contributed by atoms with Gasteiger partial charge in [-0.1, -0.05) is 0 Å². The number of hydrogen-bond acceptors (Lipinski definition) is 5. The molecule has 0 atom stereocenters. The first-order valence-electron chi connectivity index (χ1n) is 5.70. The number of nitrogens with two attached hydrogens (primary N) is 1. The first-order valence-corrected chi connectivity index (χ1v) is 7.18. The third kappa shape index (κ3) is 2.58. The molecule has 6 nitrogen and oxygen atoms in total. The van der Waals surface area contributed by atoms with Crippen LogP contribution in [0.25, 0.3) is 0 Å². The van der Waals surface area contributed by atoms with Crippen molar-refractivity contribution in [1.82, 2.24) is 4.72 Å². The molecule has 0 fully saturated rings. The first-order chi connectivity index (χ1) is 8.54. The maximum Gasteiger partial charge on any atom is 0.244 e. The van der Waals surface area contributed by atoms with Gasteiger partial charge in [0.25, 0.3) is 0 Å². The molecule has 1 heterocycles. The summed E-state index contributed by atoms with van der Waals surface area (Å²) in [5.74, 6) is 0.376. The minimum absolute atomic E-state index is 0.0358. The topological polar surface area (TPSA) is 102 Å². The van der Waals surface area contributed by atoms with Gasteiger partial charge in [-0.2, -0.15) is 0 Å². The maximum atomic E-state index is 12.1. The van der Waals surface area contributed by atoms with E-state index in [0.29, 0.717) is 18.0 Å². The van der Waals surface area contributed by atoms with E-state index in [0.717, 1.165) is 18.4 Å². The third-order valence-corrected chi connectivity index (χ3v) is 4.15. The number of benzene rings is 1. The lowest BCUT2D eigenvalue weighted by Gasteiger charge is -2.21. The van der Waals surface area contributed by atoms with E-state index >= 15 is 0 Å². The van der Waals surface area contributed by atoms with Crippen LogP contribution in [0.15, 0.2) is 17.0 Å². The van der Waals surface area contributed by atoms with Crippen LogP contribution in [0.1, 0.15) is 12.0 Å². The molecule has 1 aromatic carbocycles. The lowest BCUT2D eigenvalue weighted by atomic mass is 10.1. The van der Waals surface area contributed by atoms with Crippen LogP contribution in [0.3, 0.4) is 0 Å². The van der Waals surface area contributed by atoms with Crippen molar-refractivity contribution in [2.45, 2.75) is 17.7 Å². The molecule has 1 aliphatic rings. The molecule has 0 saturated carbocycles. The largest absolute Gasteiger partial charge is 0.492 e. The van der Waals surface area contributed by atoms with Gasteiger partial charge in [0.05, 0.1) is 13.2 Å². The Morgan fingerprint density at radius 2 is 2.22 bits per heavy atom. The van der Waals surface area contributed by atoms with E-state index in [1.807, 2.05) is 0 Å². The van der Waals surface area contributed by atoms with Gasteiger partial charge < -0.3 is 15.6 Å². The quantitative estimate of drug-likeness (QED) is 0.662. The Balaban J connectivity index is 2.46. The van der Waals surface area contributed by atoms with Gasteiger partial charge in [-0.05, 0) is 30.5 Å². The van der Waals surface area contributed by atoms with E-state index in [-0.39, 0.29) is 18.0 Å². The summed E-state index contributed by atoms with van der Waals surface area (Å²) in [7, 11) is -3.70. The van der Waals surface area contributed by atoms with Crippen LogP contribution in [-0.2, 0) is 16.4 Å². The van der Waals surface area contributed by atoms with Crippen molar-refractivity contribution in [1.29, 1.82) is 0 Å². The van der Waals surface area contributed by atoms with Crippen LogP contribution >= 0.6 is 0 Å². The molecule has 0 aromatic heterocycles. The number of sulfonamides is 1. The summed E-state index contributed by atoms with van der Waals surface area (Å²) in [6.07, 6.45) is 1.60. The summed E-state index contributed by atoms with van der Waals surface area (Å²) in [4.78, 5) is 0.0469. The van der Waals surface area contributed by atoms with Crippen LogP contribution in [0, 0.1) is 0 Å². The van der Waals surface area contributed by atoms with E-state index in [4.69, 9.17) is 15.6 Å². The normalized spacial score (nSPS) is 14.9. The van der Waals surface area contributed by atoms with Gasteiger partial charge in [-0.25, -0.2) is 13.1 Å². The second-order valence-electron chi connectivity index (χ2n) is 4.08. The molecule has 1 aliphatic heterocycles. The van der Waals surface area contributed by atoms with Crippen LogP contribution in [0.2, 0.25) is 0 Å². The fraction of sp³-hybridized carbons (Fsp3) is 0.455. The second kappa shape index (κ2) is 5.13. The molecule has 4 N–H and O–H groups in total. The van der Waals surface area contributed by atoms with Crippen LogP contribution < -0.4 is 15.2 Å². The summed E-state index contributed by atoms with van der Waals surface area (Å²) < 4.78 is 31.8. The van der Waals surface area contributed by atoms with Gasteiger partial charge >= 0.3 is 0 Å². The Hall–Kier alpha value is -1.31. The average molecular weight is 272 g/mol. The Kier molecular flexibility index (Phi) is 3.74. The number of nitrogen functional groups attached to an aromatic ring is 1. The predicted molar refractivity (Wildman–Crippen MR) is 66.9 cm³/mol. The fourth-order valence-corrected chi connectivity index (χ4v) is 3.17. The summed E-state index contributed by atoms with van der Waals surface area (Å²) in [5, 5.41) is 8.69. The minimum atomic E-state index is -3.70. The number of anilines is 1. The first kappa shape index (κ1) is 13.1. The summed E-state index contributed by atoms with van der Waals surface area (Å²) in [6.45, 7) is 0.204. The number of hydrogen-bond donors (Lipinski definition) is 3. The molecule has 100 valence electrons. The highest BCUT2D eigenvalue weighted by atomic mass is 32.2. The third-order valence-electron chi connectivity index (χ3n) is 2.68. The molecule has 0 radical (unpaired) electrons. The number of rotatable bonds is 4. The fourth-order valence-electron chi connectivity index (χ4n) is 1.93. The molecule has 7 heteroatoms. The molecular weight excluding hydrogens is 256 g/mol. The Labute approximate surface area is 106 Å². The predicted octanol–water partition coefficient (Wildman–Crippen LogP) is -0.136. The van der Waals surface area contributed by atoms with Gasteiger partial charge in [0.2, 0.25) is 10.0 Å². The van der Waals surface area contributed by atoms with Crippen molar-refractivity contribution >= 4 is 15.7 Å². The van der Waals surface area contributed by atoms with Gasteiger partial charge in [-0.3, -0.25) is 0 Å². The monoisotopic (exact) mass is 272 g/mol. The second-order valence-corrected chi connectivity index (χ2v) is 5.82. The molecule has 0 unspecified atom stereocenters. The van der Waals surface area contributed by atoms with E-state index in [2.05, 4.69) is 4.72 Å². The molecule has 1 aromatic rings. The highest BCUT2D eigenvalue weighted by Crippen LogP contribution is 2.34. The molecule has 18 heavy (non-hydrogen) atoms. The van der Waals surface area contributed by atoms with Crippen molar-refractivity contribution < 1.29 is 18.3 Å². The zero-order valence-corrected chi connectivity index (χ0v) is 10.7. The van der Waals surface area contributed by atoms with Crippen LogP contribution in [0.4, 0.5) is 5.69 Å². The van der Waals surface area contributed by atoms with E-state index in [9.17, 15) is 8.42 Å². The SMILES string of the molecule is Nc1cc2c(c(S(=O)(=O)NCCO)c1)OCCC2. The highest BCUT2D eigenvalue weighted by molar-refractivity contribution is 7.89. The highest BCUT2D eigenvalue weighted by Gasteiger charge is 2.24. The maximum absolute atomic E-state index is 12.1. The smallest absolute Gasteiger partial charge is 0.244 e. The van der Waals surface area contributed by atoms with Crippen molar-refractivity contribution in [2.75, 3.05) is 25.5 Å². The molecule has 0 spiro atoms. The van der Waals surface area contributed by atoms with E-state index in [1.54, 1.807) is 6.07 Å². The summed E-state index contributed by atoms with van der Waals surface area (Å²) in [5.41, 5.74) is 6.91. The number of nitrogens with one attached hydrogen (secondary N) is 1. The summed E-state index contributed by atoms with van der Waals surface area (Å²) >= 11 is 0. The molecule has 0 bridgehead atoms. The average Bonchev–Trinajstić information content (AvgIpc) is 2.35. The van der Waals surface area contributed by atoms with Gasteiger partial charge in [-0.15, -0.1) is 0 Å². The molecule has 2 rings (SSSR count). The van der Waals surface area contributed by atoms with Crippen molar-refractivity contribution in [2.24, 2.45) is 0 Å². The Morgan fingerprint density at radius 3 is 2.94 bits per heavy atom. The van der Waals surface area contributed by atoms with Crippen molar-refractivity contribution in [3.05, 3.63) is 17.7 Å². The number of aliphatic hydroxyl groups excluding tert-OH is 1. The summed E-state index contributed by atoms with van der Waals surface area (Å²) in [6, 6.07) is 3.11. The zero-order chi connectivity index (χ0) is 13.2. The van der Waals surface area contributed by atoms with Gasteiger partial charge in [0.15, 0.2) is 0 Å². The molecule has 0 amide bonds. The number of ether oxygens (including phenoxy) is 1. The minimum Gasteiger partial charge on any atom is -0.492 e. The van der Waals surface area contributed by atoms with E-state index in [1.165, 1.54) is 6.07 Å². The number of aliphatic hydroxyl groups is 1. The van der Waals surface area contributed by atoms with Gasteiger partial charge in [0, 0.05) is 12.2 Å². The van der Waals surface area contributed by atoms with Crippen LogP contribution in [-0.4, -0.2) is 33.3 Å². The van der Waals surface area contributed by atoms with E-state index < -0.39 is 10.0 Å². The van der Waals surface area contributed by atoms with Gasteiger partial charge in [0.1, 0.15) is 10.6 Å². The van der Waals surface area contributed by atoms with Crippen molar-refractivity contribution in [3.63, 3.8) is 0 Å². The Bertz CT molecular complexity index is 542. The molecule has 0 aliphatic carbocycles. The molecular formula is C11H16N2O4S. The lowest BCUT2D eigenvalue weighted by Crippen LogP contribution is -2.28. The van der Waals surface area contributed by atoms with Crippen molar-refractivity contribution in [3.8, 4) is 5.75 Å². The number of fused-ring (bicyclic) bond motifs is 1. The zero-order valence-electron chi connectivity index (χ0n) is 9.85. The number of aryl methyl sites for hydroxylation is 1. The molecule has 0 saturated heterocycles. The Morgan fingerprint density at radius 1 is 1.44 bits per heavy atom. The van der Waals surface area contributed by atoms with Crippen LogP contribution in [0.5, 0.6) is 5.75 Å². The lowest BCUT2D eigenvalue weighted by molar-refractivity contribution is 0.280. The standard InChI is InChI=1S/C11H16N2O4S/c12-9-6-8-2-1-5-17-11(8)10(7-9)18(15,16)13-3-4-14/h6-7,13-14H,1-5,12H2.